The summed E-state index contributed by atoms with van der Waals surface area (Å²) in [6, 6.07) is 9.52. The van der Waals surface area contributed by atoms with Gasteiger partial charge in [0, 0.05) is 31.4 Å². The summed E-state index contributed by atoms with van der Waals surface area (Å²) in [7, 11) is 0. The Bertz CT molecular complexity index is 398. The van der Waals surface area contributed by atoms with Crippen molar-refractivity contribution in [2.24, 2.45) is 0 Å². The maximum Gasteiger partial charge on any atom is 0.0750 e. The Morgan fingerprint density at radius 2 is 2.00 bits per heavy atom. The Hall–Kier alpha value is -1.06. The Morgan fingerprint density at radius 1 is 1.24 bits per heavy atom. The van der Waals surface area contributed by atoms with Crippen molar-refractivity contribution in [3.63, 3.8) is 0 Å². The molecule has 0 radical (unpaired) electrons. The first-order valence-corrected chi connectivity index (χ1v) is 8.48. The Morgan fingerprint density at radius 3 is 2.52 bits per heavy atom. The number of rotatable bonds is 8. The van der Waals surface area contributed by atoms with Gasteiger partial charge in [-0.15, -0.1) is 0 Å². The van der Waals surface area contributed by atoms with Gasteiger partial charge in [0.05, 0.1) is 6.10 Å². The molecular formula is C18H30N2O. The highest BCUT2D eigenvalue weighted by atomic mass is 16.5. The SMILES string of the molecule is CCNC(CC)c1ccc(N(CC)CC2CCCO2)cc1. The first kappa shape index (κ1) is 16.3. The number of nitrogens with zero attached hydrogens (tertiary/aromatic N) is 1. The van der Waals surface area contributed by atoms with Crippen molar-refractivity contribution < 1.29 is 4.74 Å². The minimum atomic E-state index is 0.412. The molecule has 0 aromatic heterocycles. The van der Waals surface area contributed by atoms with Crippen LogP contribution in [-0.4, -0.2) is 32.3 Å². The van der Waals surface area contributed by atoms with Gasteiger partial charge < -0.3 is 15.0 Å². The highest BCUT2D eigenvalue weighted by Crippen LogP contribution is 2.23. The Balaban J connectivity index is 2.01. The Labute approximate surface area is 129 Å². The third-order valence-electron chi connectivity index (χ3n) is 4.35. The first-order chi connectivity index (χ1) is 10.3. The molecule has 3 heteroatoms. The Kier molecular flexibility index (Phi) is 6.52. The second-order valence-electron chi connectivity index (χ2n) is 5.78. The predicted octanol–water partition coefficient (Wildman–Crippen LogP) is 3.75. The molecule has 2 rings (SSSR count). The zero-order valence-electron chi connectivity index (χ0n) is 13.8. The van der Waals surface area contributed by atoms with E-state index in [0.29, 0.717) is 12.1 Å². The second kappa shape index (κ2) is 8.40. The molecule has 0 spiro atoms. The summed E-state index contributed by atoms with van der Waals surface area (Å²) in [6.07, 6.45) is 3.95. The molecule has 1 fully saturated rings. The third kappa shape index (κ3) is 4.45. The van der Waals surface area contributed by atoms with E-state index in [-0.39, 0.29) is 0 Å². The smallest absolute Gasteiger partial charge is 0.0750 e. The van der Waals surface area contributed by atoms with Crippen LogP contribution in [0.2, 0.25) is 0 Å². The van der Waals surface area contributed by atoms with E-state index in [1.807, 2.05) is 0 Å². The quantitative estimate of drug-likeness (QED) is 0.789. The van der Waals surface area contributed by atoms with Crippen molar-refractivity contribution >= 4 is 5.69 Å². The monoisotopic (exact) mass is 290 g/mol. The van der Waals surface area contributed by atoms with Gasteiger partial charge in [0.1, 0.15) is 0 Å². The van der Waals surface area contributed by atoms with Gasteiger partial charge in [0.25, 0.3) is 0 Å². The van der Waals surface area contributed by atoms with Crippen LogP contribution in [0.15, 0.2) is 24.3 Å². The van der Waals surface area contributed by atoms with Gasteiger partial charge in [-0.05, 0) is 50.4 Å². The van der Waals surface area contributed by atoms with E-state index >= 15 is 0 Å². The highest BCUT2D eigenvalue weighted by molar-refractivity contribution is 5.48. The fourth-order valence-electron chi connectivity index (χ4n) is 3.11. The van der Waals surface area contributed by atoms with Crippen LogP contribution in [0.5, 0.6) is 0 Å². The van der Waals surface area contributed by atoms with Crippen LogP contribution in [0.1, 0.15) is 51.6 Å². The standard InChI is InChI=1S/C18H30N2O/c1-4-18(19-5-2)15-9-11-16(12-10-15)20(6-3)14-17-8-7-13-21-17/h9-12,17-19H,4-8,13-14H2,1-3H3. The molecule has 1 aromatic carbocycles. The van der Waals surface area contributed by atoms with Crippen molar-refractivity contribution in [3.8, 4) is 0 Å². The maximum atomic E-state index is 5.77. The molecule has 1 heterocycles. The zero-order valence-corrected chi connectivity index (χ0v) is 13.8. The number of hydrogen-bond acceptors (Lipinski definition) is 3. The molecule has 2 atom stereocenters. The van der Waals surface area contributed by atoms with Crippen LogP contribution in [-0.2, 0) is 4.74 Å². The van der Waals surface area contributed by atoms with Crippen molar-refractivity contribution in [1.82, 2.24) is 5.32 Å². The van der Waals surface area contributed by atoms with Crippen molar-refractivity contribution in [2.75, 3.05) is 31.1 Å². The molecule has 118 valence electrons. The zero-order chi connectivity index (χ0) is 15.1. The summed E-state index contributed by atoms with van der Waals surface area (Å²) in [5.74, 6) is 0. The molecular weight excluding hydrogens is 260 g/mol. The fourth-order valence-corrected chi connectivity index (χ4v) is 3.11. The van der Waals surface area contributed by atoms with Crippen LogP contribution in [0.3, 0.4) is 0 Å². The number of benzene rings is 1. The van der Waals surface area contributed by atoms with Gasteiger partial charge >= 0.3 is 0 Å². The van der Waals surface area contributed by atoms with E-state index in [1.54, 1.807) is 0 Å². The molecule has 0 aliphatic carbocycles. The maximum absolute atomic E-state index is 5.77. The van der Waals surface area contributed by atoms with Crippen LogP contribution < -0.4 is 10.2 Å². The topological polar surface area (TPSA) is 24.5 Å². The van der Waals surface area contributed by atoms with Crippen molar-refractivity contribution in [3.05, 3.63) is 29.8 Å². The van der Waals surface area contributed by atoms with Gasteiger partial charge in [-0.25, -0.2) is 0 Å². The van der Waals surface area contributed by atoms with E-state index in [0.717, 1.165) is 32.7 Å². The van der Waals surface area contributed by atoms with Crippen LogP contribution in [0, 0.1) is 0 Å². The molecule has 1 saturated heterocycles. The summed E-state index contributed by atoms with van der Waals surface area (Å²) < 4.78 is 5.77. The van der Waals surface area contributed by atoms with E-state index in [2.05, 4.69) is 55.3 Å². The van der Waals surface area contributed by atoms with E-state index < -0.39 is 0 Å². The lowest BCUT2D eigenvalue weighted by Crippen LogP contribution is -2.32. The number of likely N-dealkylation sites (N-methyl/N-ethyl adjacent to an activating group) is 1. The minimum Gasteiger partial charge on any atom is -0.376 e. The molecule has 21 heavy (non-hydrogen) atoms. The number of hydrogen-bond donors (Lipinski definition) is 1. The summed E-state index contributed by atoms with van der Waals surface area (Å²) in [5, 5.41) is 3.54. The number of nitrogens with one attached hydrogen (secondary N) is 1. The highest BCUT2D eigenvalue weighted by Gasteiger charge is 2.19. The normalized spacial score (nSPS) is 19.7. The molecule has 1 aromatic rings. The molecule has 0 amide bonds. The second-order valence-corrected chi connectivity index (χ2v) is 5.78. The average molecular weight is 290 g/mol. The van der Waals surface area contributed by atoms with Gasteiger partial charge in [-0.1, -0.05) is 26.0 Å². The fraction of sp³-hybridized carbons (Fsp3) is 0.667. The lowest BCUT2D eigenvalue weighted by atomic mass is 10.0. The van der Waals surface area contributed by atoms with Crippen molar-refractivity contribution in [1.29, 1.82) is 0 Å². The summed E-state index contributed by atoms with van der Waals surface area (Å²) in [5.41, 5.74) is 2.69. The largest absolute Gasteiger partial charge is 0.376 e. The molecule has 1 N–H and O–H groups in total. The van der Waals surface area contributed by atoms with Gasteiger partial charge in [-0.2, -0.15) is 0 Å². The molecule has 3 nitrogen and oxygen atoms in total. The van der Waals surface area contributed by atoms with Gasteiger partial charge in [0.15, 0.2) is 0 Å². The van der Waals surface area contributed by atoms with Gasteiger partial charge in [0.2, 0.25) is 0 Å². The average Bonchev–Trinajstić information content (AvgIpc) is 3.03. The lowest BCUT2D eigenvalue weighted by molar-refractivity contribution is 0.115. The molecule has 2 unspecified atom stereocenters. The van der Waals surface area contributed by atoms with E-state index in [1.165, 1.54) is 24.1 Å². The molecule has 1 aliphatic heterocycles. The van der Waals surface area contributed by atoms with Crippen molar-refractivity contribution in [2.45, 2.75) is 52.2 Å². The minimum absolute atomic E-state index is 0.412. The summed E-state index contributed by atoms with van der Waals surface area (Å²) in [4.78, 5) is 2.42. The lowest BCUT2D eigenvalue weighted by Gasteiger charge is -2.26. The first-order valence-electron chi connectivity index (χ1n) is 8.48. The molecule has 0 bridgehead atoms. The number of anilines is 1. The van der Waals surface area contributed by atoms with Gasteiger partial charge in [-0.3, -0.25) is 0 Å². The van der Waals surface area contributed by atoms with Crippen LogP contribution >= 0.6 is 0 Å². The summed E-state index contributed by atoms with van der Waals surface area (Å²) >= 11 is 0. The molecule has 0 saturated carbocycles. The van der Waals surface area contributed by atoms with E-state index in [9.17, 15) is 0 Å². The molecule has 1 aliphatic rings. The predicted molar refractivity (Wildman–Crippen MR) is 90.0 cm³/mol. The van der Waals surface area contributed by atoms with Crippen LogP contribution in [0.25, 0.3) is 0 Å². The summed E-state index contributed by atoms with van der Waals surface area (Å²) in [6.45, 7) is 10.6. The van der Waals surface area contributed by atoms with E-state index in [4.69, 9.17) is 4.74 Å². The van der Waals surface area contributed by atoms with Crippen LogP contribution in [0.4, 0.5) is 5.69 Å². The number of ether oxygens (including phenoxy) is 1. The third-order valence-corrected chi connectivity index (χ3v) is 4.35.